The second-order valence-electron chi connectivity index (χ2n) is 10.9. The van der Waals surface area contributed by atoms with Crippen LogP contribution in [0.25, 0.3) is 0 Å². The van der Waals surface area contributed by atoms with Crippen molar-refractivity contribution in [1.82, 2.24) is 4.90 Å². The summed E-state index contributed by atoms with van der Waals surface area (Å²) in [5, 5.41) is 11.0. The molecule has 3 fully saturated rings. The number of carbonyl (C=O) groups is 3. The highest BCUT2D eigenvalue weighted by molar-refractivity contribution is 8.02. The predicted octanol–water partition coefficient (Wildman–Crippen LogP) is 4.31. The Bertz CT molecular complexity index is 1070. The number of rotatable bonds is 10. The van der Waals surface area contributed by atoms with E-state index in [4.69, 9.17) is 16.3 Å². The maximum absolute atomic E-state index is 14.6. The molecule has 202 valence electrons. The van der Waals surface area contributed by atoms with Crippen LogP contribution in [0.2, 0.25) is 5.02 Å². The third-order valence-electron chi connectivity index (χ3n) is 8.05. The van der Waals surface area contributed by atoms with Gasteiger partial charge in [0, 0.05) is 22.0 Å². The number of benzene rings is 1. The molecule has 2 amide bonds. The van der Waals surface area contributed by atoms with Crippen LogP contribution in [0.5, 0.6) is 0 Å². The Hall–Kier alpha value is -2.03. The summed E-state index contributed by atoms with van der Waals surface area (Å²) in [7, 11) is 0. The number of nitrogens with zero attached hydrogens (tertiary/aromatic N) is 2. The van der Waals surface area contributed by atoms with Crippen LogP contribution in [-0.2, 0) is 19.1 Å². The molecule has 6 atom stereocenters. The molecule has 37 heavy (non-hydrogen) atoms. The first-order chi connectivity index (χ1) is 17.5. The molecule has 1 aromatic rings. The molecule has 1 spiro atoms. The number of aliphatic hydroxyl groups excluding tert-OH is 1. The fraction of sp³-hybridized carbons (Fsp3) is 0.607. The van der Waals surface area contributed by atoms with Gasteiger partial charge in [0.25, 0.3) is 5.91 Å². The average Bonchev–Trinajstić information content (AvgIpc) is 3.42. The minimum Gasteiger partial charge on any atom is -0.466 e. The molecule has 3 heterocycles. The normalized spacial score (nSPS) is 30.9. The minimum atomic E-state index is -0.831. The van der Waals surface area contributed by atoms with Crippen molar-refractivity contribution in [2.75, 3.05) is 24.7 Å². The molecule has 9 heteroatoms. The van der Waals surface area contributed by atoms with Gasteiger partial charge in [0.15, 0.2) is 0 Å². The number of hydrogen-bond donors (Lipinski definition) is 1. The van der Waals surface area contributed by atoms with E-state index in [1.165, 1.54) is 0 Å². The summed E-state index contributed by atoms with van der Waals surface area (Å²) in [6, 6.07) is 5.64. The van der Waals surface area contributed by atoms with E-state index in [9.17, 15) is 19.5 Å². The summed E-state index contributed by atoms with van der Waals surface area (Å²) in [5.74, 6) is -1.97. The number of anilines is 1. The van der Waals surface area contributed by atoms with Gasteiger partial charge < -0.3 is 19.6 Å². The fourth-order valence-electron chi connectivity index (χ4n) is 6.67. The highest BCUT2D eigenvalue weighted by Gasteiger charge is 2.78. The van der Waals surface area contributed by atoms with E-state index < -0.39 is 33.4 Å². The van der Waals surface area contributed by atoms with E-state index in [0.717, 1.165) is 0 Å². The highest BCUT2D eigenvalue weighted by atomic mass is 35.5. The van der Waals surface area contributed by atoms with Gasteiger partial charge in [0.05, 0.1) is 35.8 Å². The quantitative estimate of drug-likeness (QED) is 0.346. The third kappa shape index (κ3) is 4.59. The number of thioether (sulfide) groups is 1. The van der Waals surface area contributed by atoms with Crippen LogP contribution in [0.15, 0.2) is 36.9 Å². The summed E-state index contributed by atoms with van der Waals surface area (Å²) in [5.41, 5.74) is 0.650. The molecule has 0 aromatic heterocycles. The van der Waals surface area contributed by atoms with Gasteiger partial charge in [0.1, 0.15) is 6.04 Å². The highest BCUT2D eigenvalue weighted by Crippen LogP contribution is 2.72. The number of esters is 1. The number of carbonyl (C=O) groups excluding carboxylic acids is 3. The van der Waals surface area contributed by atoms with E-state index in [1.807, 2.05) is 20.8 Å². The maximum atomic E-state index is 14.6. The number of aliphatic hydroxyl groups is 1. The molecule has 1 N–H and O–H groups in total. The lowest BCUT2D eigenvalue weighted by Crippen LogP contribution is -2.57. The molecule has 2 bridgehead atoms. The molecule has 7 nitrogen and oxygen atoms in total. The lowest BCUT2D eigenvalue weighted by atomic mass is 9.66. The van der Waals surface area contributed by atoms with E-state index >= 15 is 0 Å². The molecule has 3 aliphatic rings. The molecule has 1 aromatic carbocycles. The van der Waals surface area contributed by atoms with Crippen molar-refractivity contribution in [3.8, 4) is 0 Å². The lowest BCUT2D eigenvalue weighted by Gasteiger charge is -2.40. The van der Waals surface area contributed by atoms with Gasteiger partial charge in [-0.15, -0.1) is 18.3 Å². The summed E-state index contributed by atoms with van der Waals surface area (Å²) in [6.07, 6.45) is 3.54. The van der Waals surface area contributed by atoms with E-state index in [2.05, 4.69) is 6.58 Å². The van der Waals surface area contributed by atoms with Gasteiger partial charge in [0.2, 0.25) is 5.91 Å². The standard InChI is InChI=1S/C28H37ClN2O5S/c1-6-14-30(19-10-8-18(29)9-11-19)25(34)23-28-13-12-27(5,37-28)22(26(35)36-7-2)21(28)24(33)31(23)20(16-32)15-17(3)4/h6,8-11,17,20-23,32H,1,7,12-16H2,2-5H3/t20-,21+,22-,23?,27+,28?/m1/s1. The van der Waals surface area contributed by atoms with E-state index in [-0.39, 0.29) is 43.5 Å². The van der Waals surface area contributed by atoms with Crippen molar-refractivity contribution >= 4 is 46.8 Å². The molecule has 4 rings (SSSR count). The zero-order valence-electron chi connectivity index (χ0n) is 22.0. The third-order valence-corrected chi connectivity index (χ3v) is 10.3. The van der Waals surface area contributed by atoms with Crippen LogP contribution >= 0.6 is 23.4 Å². The molecular weight excluding hydrogens is 512 g/mol. The van der Waals surface area contributed by atoms with Crippen LogP contribution in [0.4, 0.5) is 5.69 Å². The van der Waals surface area contributed by atoms with E-state index in [0.29, 0.717) is 30.0 Å². The minimum absolute atomic E-state index is 0.196. The molecule has 0 saturated carbocycles. The number of likely N-dealkylation sites (tertiary alicyclic amines) is 1. The summed E-state index contributed by atoms with van der Waals surface area (Å²) in [6.45, 7) is 11.9. The number of fused-ring (bicyclic) bond motifs is 1. The Kier molecular flexibility index (Phi) is 8.03. The maximum Gasteiger partial charge on any atom is 0.311 e. The Morgan fingerprint density at radius 1 is 1.32 bits per heavy atom. The first-order valence-corrected chi connectivity index (χ1v) is 14.2. The second kappa shape index (κ2) is 10.6. The molecular formula is C28H37ClN2O5S. The molecule has 0 aliphatic carbocycles. The summed E-state index contributed by atoms with van der Waals surface area (Å²) in [4.78, 5) is 45.3. The number of halogens is 1. The van der Waals surface area contributed by atoms with Gasteiger partial charge in [-0.3, -0.25) is 14.4 Å². The summed E-state index contributed by atoms with van der Waals surface area (Å²) < 4.78 is 4.18. The lowest BCUT2D eigenvalue weighted by molar-refractivity contribution is -0.155. The molecule has 3 saturated heterocycles. The number of ether oxygens (including phenoxy) is 1. The van der Waals surface area contributed by atoms with Crippen molar-refractivity contribution < 1.29 is 24.2 Å². The van der Waals surface area contributed by atoms with Crippen LogP contribution in [0, 0.1) is 17.8 Å². The first kappa shape index (κ1) is 28.0. The largest absolute Gasteiger partial charge is 0.466 e. The van der Waals surface area contributed by atoms with Crippen LogP contribution in [0.3, 0.4) is 0 Å². The number of hydrogen-bond acceptors (Lipinski definition) is 6. The Morgan fingerprint density at radius 3 is 2.57 bits per heavy atom. The summed E-state index contributed by atoms with van der Waals surface area (Å²) >= 11 is 7.71. The van der Waals surface area contributed by atoms with Crippen molar-refractivity contribution in [3.63, 3.8) is 0 Å². The zero-order valence-corrected chi connectivity index (χ0v) is 23.6. The smallest absolute Gasteiger partial charge is 0.311 e. The predicted molar refractivity (Wildman–Crippen MR) is 147 cm³/mol. The van der Waals surface area contributed by atoms with Gasteiger partial charge in [-0.05, 0) is 63.3 Å². The van der Waals surface area contributed by atoms with Crippen LogP contribution in [0.1, 0.15) is 47.0 Å². The Balaban J connectivity index is 1.85. The Labute approximate surface area is 228 Å². The van der Waals surface area contributed by atoms with Crippen molar-refractivity contribution in [3.05, 3.63) is 41.9 Å². The van der Waals surface area contributed by atoms with E-state index in [1.54, 1.807) is 58.8 Å². The van der Waals surface area contributed by atoms with Crippen LogP contribution < -0.4 is 4.90 Å². The average molecular weight is 549 g/mol. The molecule has 0 radical (unpaired) electrons. The van der Waals surface area contributed by atoms with Crippen LogP contribution in [-0.4, -0.2) is 69.1 Å². The van der Waals surface area contributed by atoms with Crippen molar-refractivity contribution in [2.45, 2.75) is 68.5 Å². The zero-order chi connectivity index (χ0) is 27.1. The second-order valence-corrected chi connectivity index (χ2v) is 13.2. The van der Waals surface area contributed by atoms with Gasteiger partial charge in [-0.2, -0.15) is 0 Å². The molecule has 3 aliphatic heterocycles. The van der Waals surface area contributed by atoms with Crippen molar-refractivity contribution in [2.24, 2.45) is 17.8 Å². The SMILES string of the molecule is C=CCN(C(=O)C1N([C@@H](CO)CC(C)C)C(=O)[C@@H]2[C@H](C(=O)OCC)[C@]3(C)CCC12S3)c1ccc(Cl)cc1. The fourth-order valence-corrected chi connectivity index (χ4v) is 9.12. The molecule has 2 unspecified atom stereocenters. The number of amides is 2. The van der Waals surface area contributed by atoms with Gasteiger partial charge >= 0.3 is 5.97 Å². The van der Waals surface area contributed by atoms with Crippen molar-refractivity contribution in [1.29, 1.82) is 0 Å². The van der Waals surface area contributed by atoms with Gasteiger partial charge in [-0.25, -0.2) is 0 Å². The first-order valence-electron chi connectivity index (χ1n) is 13.0. The Morgan fingerprint density at radius 2 is 2.00 bits per heavy atom. The monoisotopic (exact) mass is 548 g/mol. The topological polar surface area (TPSA) is 87.2 Å². The van der Waals surface area contributed by atoms with Gasteiger partial charge in [-0.1, -0.05) is 31.5 Å².